The Labute approximate surface area is 163 Å². The number of carbonyl (C=O) groups is 1. The molecule has 0 bridgehead atoms. The van der Waals surface area contributed by atoms with Crippen LogP contribution in [0.25, 0.3) is 0 Å². The number of carbonyl (C=O) groups excluding carboxylic acids is 1. The number of sulfonamides is 1. The number of methoxy groups -OCH3 is 2. The van der Waals surface area contributed by atoms with E-state index in [1.807, 2.05) is 0 Å². The molecule has 0 unspecified atom stereocenters. The van der Waals surface area contributed by atoms with Crippen LogP contribution in [0, 0.1) is 6.92 Å². The van der Waals surface area contributed by atoms with Crippen LogP contribution in [0.1, 0.15) is 5.56 Å². The lowest BCUT2D eigenvalue weighted by Gasteiger charge is -2.19. The van der Waals surface area contributed by atoms with E-state index in [-0.39, 0.29) is 17.2 Å². The molecule has 2 aromatic carbocycles. The first-order valence-corrected chi connectivity index (χ1v) is 9.75. The lowest BCUT2D eigenvalue weighted by Crippen LogP contribution is -2.35. The molecule has 7 nitrogen and oxygen atoms in total. The van der Waals surface area contributed by atoms with Crippen molar-refractivity contribution in [3.63, 3.8) is 0 Å². The van der Waals surface area contributed by atoms with Gasteiger partial charge in [0.2, 0.25) is 15.9 Å². The summed E-state index contributed by atoms with van der Waals surface area (Å²) in [6.45, 7) is 1.42. The van der Waals surface area contributed by atoms with E-state index in [0.717, 1.165) is 9.87 Å². The van der Waals surface area contributed by atoms with Gasteiger partial charge in [0.05, 0.1) is 20.8 Å². The second kappa shape index (κ2) is 8.60. The van der Waals surface area contributed by atoms with Crippen LogP contribution >= 0.6 is 11.6 Å². The number of rotatable bonds is 7. The van der Waals surface area contributed by atoms with Crippen molar-refractivity contribution >= 4 is 33.2 Å². The average molecular weight is 413 g/mol. The Bertz CT molecular complexity index is 947. The summed E-state index contributed by atoms with van der Waals surface area (Å²) in [6, 6.07) is 9.45. The molecule has 0 heterocycles. The first kappa shape index (κ1) is 21.0. The number of ether oxygens (including phenoxy) is 2. The van der Waals surface area contributed by atoms with Crippen LogP contribution in [-0.2, 0) is 14.8 Å². The summed E-state index contributed by atoms with van der Waals surface area (Å²) in [5.41, 5.74) is 1.34. The molecule has 0 atom stereocenters. The minimum absolute atomic E-state index is 0.0812. The van der Waals surface area contributed by atoms with Crippen molar-refractivity contribution in [3.05, 3.63) is 47.0 Å². The Morgan fingerprint density at radius 1 is 1.15 bits per heavy atom. The molecular formula is C18H21ClN2O5S. The van der Waals surface area contributed by atoms with Crippen molar-refractivity contribution in [1.82, 2.24) is 4.31 Å². The van der Waals surface area contributed by atoms with Crippen molar-refractivity contribution in [3.8, 4) is 11.5 Å². The molecular weight excluding hydrogens is 392 g/mol. The highest BCUT2D eigenvalue weighted by atomic mass is 35.5. The Morgan fingerprint density at radius 3 is 2.44 bits per heavy atom. The van der Waals surface area contributed by atoms with Gasteiger partial charge in [-0.05, 0) is 42.8 Å². The Kier molecular flexibility index (Phi) is 6.69. The first-order chi connectivity index (χ1) is 12.7. The van der Waals surface area contributed by atoms with Gasteiger partial charge in [-0.15, -0.1) is 0 Å². The normalized spacial score (nSPS) is 11.3. The Morgan fingerprint density at radius 2 is 1.85 bits per heavy atom. The lowest BCUT2D eigenvalue weighted by molar-refractivity contribution is -0.116. The number of halogens is 1. The molecule has 0 aromatic heterocycles. The van der Waals surface area contributed by atoms with Gasteiger partial charge in [-0.1, -0.05) is 11.6 Å². The summed E-state index contributed by atoms with van der Waals surface area (Å²) in [5.74, 6) is 0.0500. The molecule has 0 saturated heterocycles. The summed E-state index contributed by atoms with van der Waals surface area (Å²) < 4.78 is 36.9. The van der Waals surface area contributed by atoms with Crippen molar-refractivity contribution < 1.29 is 22.7 Å². The van der Waals surface area contributed by atoms with Crippen LogP contribution in [-0.4, -0.2) is 46.4 Å². The highest BCUT2D eigenvalue weighted by Crippen LogP contribution is 2.30. The van der Waals surface area contributed by atoms with Crippen LogP contribution in [0.2, 0.25) is 5.02 Å². The SMILES string of the molecule is COc1ccc(OC)c(S(=O)(=O)N(C)CC(=O)Nc2ccc(Cl)cc2C)c1. The van der Waals surface area contributed by atoms with E-state index in [9.17, 15) is 13.2 Å². The van der Waals surface area contributed by atoms with Gasteiger partial charge >= 0.3 is 0 Å². The second-order valence-corrected chi connectivity index (χ2v) is 8.24. The summed E-state index contributed by atoms with van der Waals surface area (Å²) in [7, 11) is 0.156. The van der Waals surface area contributed by atoms with Crippen LogP contribution in [0.15, 0.2) is 41.3 Å². The maximum absolute atomic E-state index is 12.9. The highest BCUT2D eigenvalue weighted by Gasteiger charge is 2.27. The lowest BCUT2D eigenvalue weighted by atomic mass is 10.2. The summed E-state index contributed by atoms with van der Waals surface area (Å²) in [6.07, 6.45) is 0. The molecule has 0 aliphatic rings. The van der Waals surface area contributed by atoms with E-state index < -0.39 is 15.9 Å². The van der Waals surface area contributed by atoms with Gasteiger partial charge in [0.1, 0.15) is 16.4 Å². The first-order valence-electron chi connectivity index (χ1n) is 7.93. The fourth-order valence-corrected chi connectivity index (χ4v) is 3.92. The number of nitrogens with one attached hydrogen (secondary N) is 1. The molecule has 1 N–H and O–H groups in total. The van der Waals surface area contributed by atoms with Crippen LogP contribution in [0.5, 0.6) is 11.5 Å². The Hall–Kier alpha value is -2.29. The van der Waals surface area contributed by atoms with E-state index in [2.05, 4.69) is 5.32 Å². The van der Waals surface area contributed by atoms with Gasteiger partial charge in [0.25, 0.3) is 0 Å². The number of likely N-dealkylation sites (N-methyl/N-ethyl adjacent to an activating group) is 1. The standard InChI is InChI=1S/C18H21ClN2O5S/c1-12-9-13(19)5-7-15(12)20-18(22)11-21(2)27(23,24)17-10-14(25-3)6-8-16(17)26-4/h5-10H,11H2,1-4H3,(H,20,22). The Balaban J connectivity index is 2.21. The van der Waals surface area contributed by atoms with Crippen molar-refractivity contribution in [2.24, 2.45) is 0 Å². The highest BCUT2D eigenvalue weighted by molar-refractivity contribution is 7.89. The average Bonchev–Trinajstić information content (AvgIpc) is 2.63. The van der Waals surface area contributed by atoms with Gasteiger partial charge in [0, 0.05) is 23.8 Å². The zero-order valence-electron chi connectivity index (χ0n) is 15.4. The number of amides is 1. The molecule has 2 aromatic rings. The molecule has 27 heavy (non-hydrogen) atoms. The van der Waals surface area contributed by atoms with Crippen molar-refractivity contribution in [2.75, 3.05) is 33.1 Å². The number of hydrogen-bond donors (Lipinski definition) is 1. The molecule has 0 radical (unpaired) electrons. The monoisotopic (exact) mass is 412 g/mol. The van der Waals surface area contributed by atoms with Gasteiger partial charge in [-0.3, -0.25) is 4.79 Å². The quantitative estimate of drug-likeness (QED) is 0.755. The third-order valence-electron chi connectivity index (χ3n) is 3.89. The molecule has 0 aliphatic heterocycles. The van der Waals surface area contributed by atoms with E-state index in [1.165, 1.54) is 33.4 Å². The zero-order valence-corrected chi connectivity index (χ0v) is 17.0. The van der Waals surface area contributed by atoms with Gasteiger partial charge < -0.3 is 14.8 Å². The zero-order chi connectivity index (χ0) is 20.2. The van der Waals surface area contributed by atoms with E-state index >= 15 is 0 Å². The van der Waals surface area contributed by atoms with E-state index in [1.54, 1.807) is 31.2 Å². The maximum Gasteiger partial charge on any atom is 0.247 e. The summed E-state index contributed by atoms with van der Waals surface area (Å²) in [5, 5.41) is 3.23. The molecule has 146 valence electrons. The van der Waals surface area contributed by atoms with E-state index in [4.69, 9.17) is 21.1 Å². The summed E-state index contributed by atoms with van der Waals surface area (Å²) in [4.78, 5) is 12.2. The molecule has 0 fully saturated rings. The summed E-state index contributed by atoms with van der Waals surface area (Å²) >= 11 is 5.90. The van der Waals surface area contributed by atoms with Gasteiger partial charge in [-0.2, -0.15) is 4.31 Å². The number of hydrogen-bond acceptors (Lipinski definition) is 5. The third-order valence-corrected chi connectivity index (χ3v) is 5.95. The second-order valence-electron chi connectivity index (χ2n) is 5.79. The number of nitrogens with zero attached hydrogens (tertiary/aromatic N) is 1. The topological polar surface area (TPSA) is 84.9 Å². The molecule has 0 saturated carbocycles. The maximum atomic E-state index is 12.9. The molecule has 2 rings (SSSR count). The number of aryl methyl sites for hydroxylation is 1. The predicted molar refractivity (Wildman–Crippen MR) is 104 cm³/mol. The largest absolute Gasteiger partial charge is 0.497 e. The molecule has 0 spiro atoms. The number of benzene rings is 2. The van der Waals surface area contributed by atoms with Crippen molar-refractivity contribution in [2.45, 2.75) is 11.8 Å². The third kappa shape index (κ3) is 4.91. The van der Waals surface area contributed by atoms with E-state index in [0.29, 0.717) is 16.5 Å². The van der Waals surface area contributed by atoms with Crippen LogP contribution in [0.4, 0.5) is 5.69 Å². The fraction of sp³-hybridized carbons (Fsp3) is 0.278. The number of anilines is 1. The minimum Gasteiger partial charge on any atom is -0.497 e. The minimum atomic E-state index is -3.97. The van der Waals surface area contributed by atoms with Crippen LogP contribution < -0.4 is 14.8 Å². The van der Waals surface area contributed by atoms with Crippen LogP contribution in [0.3, 0.4) is 0 Å². The van der Waals surface area contributed by atoms with Gasteiger partial charge in [0.15, 0.2) is 0 Å². The predicted octanol–water partition coefficient (Wildman–Crippen LogP) is 2.92. The van der Waals surface area contributed by atoms with Gasteiger partial charge in [-0.25, -0.2) is 8.42 Å². The smallest absolute Gasteiger partial charge is 0.247 e. The molecule has 9 heteroatoms. The fourth-order valence-electron chi connectivity index (χ4n) is 2.40. The van der Waals surface area contributed by atoms with Crippen molar-refractivity contribution in [1.29, 1.82) is 0 Å². The molecule has 1 amide bonds. The molecule has 0 aliphatic carbocycles.